The minimum atomic E-state index is -0.434. The predicted octanol–water partition coefficient (Wildman–Crippen LogP) is 2.39. The third kappa shape index (κ3) is 4.50. The third-order valence-electron chi connectivity index (χ3n) is 2.96. The van der Waals surface area contributed by atoms with Crippen molar-refractivity contribution in [1.82, 2.24) is 10.1 Å². The van der Waals surface area contributed by atoms with Gasteiger partial charge in [0, 0.05) is 18.2 Å². The highest BCUT2D eigenvalue weighted by molar-refractivity contribution is 5.99. The van der Waals surface area contributed by atoms with E-state index in [4.69, 9.17) is 4.52 Å². The number of carbonyl (C=O) groups is 2. The largest absolute Gasteiger partial charge is 0.360 e. The number of aromatic nitrogens is 1. The van der Waals surface area contributed by atoms with E-state index in [9.17, 15) is 14.0 Å². The van der Waals surface area contributed by atoms with Crippen molar-refractivity contribution < 1.29 is 18.5 Å². The maximum absolute atomic E-state index is 12.9. The van der Waals surface area contributed by atoms with E-state index in [1.54, 1.807) is 13.0 Å². The Kier molecular flexibility index (Phi) is 5.24. The summed E-state index contributed by atoms with van der Waals surface area (Å²) in [6.07, 6.45) is 1.51. The van der Waals surface area contributed by atoms with Crippen LogP contribution < -0.4 is 5.32 Å². The smallest absolute Gasteiger partial charge is 0.254 e. The average Bonchev–Trinajstić information content (AvgIpc) is 2.92. The van der Waals surface area contributed by atoms with Crippen LogP contribution in [0.1, 0.15) is 16.1 Å². The quantitative estimate of drug-likeness (QED) is 0.830. The number of aryl methyl sites for hydroxylation is 1. The van der Waals surface area contributed by atoms with Gasteiger partial charge in [-0.15, -0.1) is 6.58 Å². The van der Waals surface area contributed by atoms with Crippen LogP contribution >= 0.6 is 0 Å². The highest BCUT2D eigenvalue weighted by atomic mass is 19.1. The molecule has 23 heavy (non-hydrogen) atoms. The number of nitrogens with one attached hydrogen (secondary N) is 1. The lowest BCUT2D eigenvalue weighted by Gasteiger charge is -2.20. The van der Waals surface area contributed by atoms with E-state index in [-0.39, 0.29) is 18.9 Å². The average molecular weight is 317 g/mol. The summed E-state index contributed by atoms with van der Waals surface area (Å²) in [6, 6.07) is 6.69. The summed E-state index contributed by atoms with van der Waals surface area (Å²) in [4.78, 5) is 25.7. The molecule has 0 aliphatic rings. The highest BCUT2D eigenvalue weighted by Crippen LogP contribution is 2.09. The summed E-state index contributed by atoms with van der Waals surface area (Å²) in [5, 5.41) is 6.18. The molecule has 0 aliphatic carbocycles. The van der Waals surface area contributed by atoms with Crippen molar-refractivity contribution in [3.63, 3.8) is 0 Å². The first-order valence-electron chi connectivity index (χ1n) is 6.88. The van der Waals surface area contributed by atoms with Gasteiger partial charge in [-0.2, -0.15) is 0 Å². The van der Waals surface area contributed by atoms with Gasteiger partial charge in [0.2, 0.25) is 5.91 Å². The van der Waals surface area contributed by atoms with Crippen LogP contribution in [0.3, 0.4) is 0 Å². The molecule has 1 heterocycles. The lowest BCUT2D eigenvalue weighted by atomic mass is 10.2. The molecule has 0 spiro atoms. The lowest BCUT2D eigenvalue weighted by Crippen LogP contribution is -2.38. The number of anilines is 1. The van der Waals surface area contributed by atoms with Gasteiger partial charge in [0.1, 0.15) is 18.1 Å². The fourth-order valence-corrected chi connectivity index (χ4v) is 1.93. The summed E-state index contributed by atoms with van der Waals surface area (Å²) in [5.74, 6) is -0.408. The molecule has 7 heteroatoms. The zero-order valence-electron chi connectivity index (χ0n) is 12.6. The summed E-state index contributed by atoms with van der Waals surface area (Å²) in [5.41, 5.74) is 0.290. The number of benzene rings is 1. The molecule has 6 nitrogen and oxygen atoms in total. The number of nitrogens with zero attached hydrogens (tertiary/aromatic N) is 2. The molecular weight excluding hydrogens is 301 g/mol. The van der Waals surface area contributed by atoms with Crippen molar-refractivity contribution in [2.24, 2.45) is 0 Å². The first-order chi connectivity index (χ1) is 11.0. The molecule has 0 bridgehead atoms. The Morgan fingerprint density at radius 2 is 2.09 bits per heavy atom. The van der Waals surface area contributed by atoms with Crippen molar-refractivity contribution in [3.8, 4) is 0 Å². The fraction of sp³-hybridized carbons (Fsp3) is 0.188. The molecule has 0 unspecified atom stereocenters. The summed E-state index contributed by atoms with van der Waals surface area (Å²) in [7, 11) is 0. The SMILES string of the molecule is C=CCN(CC(=O)Nc1cc(C)on1)C(=O)c1ccc(F)cc1. The van der Waals surface area contributed by atoms with Gasteiger partial charge in [-0.25, -0.2) is 4.39 Å². The Hall–Kier alpha value is -2.96. The molecule has 2 rings (SSSR count). The van der Waals surface area contributed by atoms with E-state index >= 15 is 0 Å². The van der Waals surface area contributed by atoms with Crippen molar-refractivity contribution in [2.45, 2.75) is 6.92 Å². The number of rotatable bonds is 6. The Morgan fingerprint density at radius 1 is 1.39 bits per heavy atom. The molecule has 0 radical (unpaired) electrons. The Balaban J connectivity index is 2.05. The fourth-order valence-electron chi connectivity index (χ4n) is 1.93. The van der Waals surface area contributed by atoms with Gasteiger partial charge in [0.25, 0.3) is 5.91 Å². The van der Waals surface area contributed by atoms with Crippen LogP contribution in [0.15, 0.2) is 47.5 Å². The Morgan fingerprint density at radius 3 is 2.65 bits per heavy atom. The number of amides is 2. The van der Waals surface area contributed by atoms with E-state index in [1.165, 1.54) is 35.2 Å². The second-order valence-corrected chi connectivity index (χ2v) is 4.85. The van der Waals surface area contributed by atoms with Gasteiger partial charge < -0.3 is 14.7 Å². The number of halogens is 1. The maximum atomic E-state index is 12.9. The lowest BCUT2D eigenvalue weighted by molar-refractivity contribution is -0.116. The van der Waals surface area contributed by atoms with Gasteiger partial charge >= 0.3 is 0 Å². The van der Waals surface area contributed by atoms with Crippen LogP contribution in [-0.2, 0) is 4.79 Å². The first kappa shape index (κ1) is 16.4. The Bertz CT molecular complexity index is 710. The number of hydrogen-bond acceptors (Lipinski definition) is 4. The standard InChI is InChI=1S/C16H16FN3O3/c1-3-8-20(16(22)12-4-6-13(17)7-5-12)10-15(21)18-14-9-11(2)23-19-14/h3-7,9H,1,8,10H2,2H3,(H,18,19,21). The van der Waals surface area contributed by atoms with Gasteiger partial charge in [-0.05, 0) is 31.2 Å². The molecule has 1 aromatic heterocycles. The summed E-state index contributed by atoms with van der Waals surface area (Å²) >= 11 is 0. The molecule has 0 atom stereocenters. The van der Waals surface area contributed by atoms with E-state index in [0.29, 0.717) is 11.3 Å². The van der Waals surface area contributed by atoms with Crippen LogP contribution in [0.2, 0.25) is 0 Å². The monoisotopic (exact) mass is 317 g/mol. The van der Waals surface area contributed by atoms with Gasteiger partial charge in [0.15, 0.2) is 5.82 Å². The van der Waals surface area contributed by atoms with Gasteiger partial charge in [0.05, 0.1) is 0 Å². The number of hydrogen-bond donors (Lipinski definition) is 1. The van der Waals surface area contributed by atoms with Crippen LogP contribution in [0.25, 0.3) is 0 Å². The topological polar surface area (TPSA) is 75.4 Å². The second kappa shape index (κ2) is 7.35. The zero-order chi connectivity index (χ0) is 16.8. The highest BCUT2D eigenvalue weighted by Gasteiger charge is 2.18. The van der Waals surface area contributed by atoms with E-state index in [0.717, 1.165) is 0 Å². The molecule has 1 aromatic carbocycles. The summed E-state index contributed by atoms with van der Waals surface area (Å²) in [6.45, 7) is 5.27. The van der Waals surface area contributed by atoms with Crippen LogP contribution in [0.4, 0.5) is 10.2 Å². The van der Waals surface area contributed by atoms with Crippen LogP contribution in [0, 0.1) is 12.7 Å². The van der Waals surface area contributed by atoms with E-state index in [2.05, 4.69) is 17.1 Å². The molecule has 1 N–H and O–H groups in total. The van der Waals surface area contributed by atoms with Crippen molar-refractivity contribution in [2.75, 3.05) is 18.4 Å². The molecule has 2 amide bonds. The molecule has 0 fully saturated rings. The van der Waals surface area contributed by atoms with Gasteiger partial charge in [-0.3, -0.25) is 9.59 Å². The maximum Gasteiger partial charge on any atom is 0.254 e. The molecule has 2 aromatic rings. The molecular formula is C16H16FN3O3. The minimum Gasteiger partial charge on any atom is -0.360 e. The molecule has 0 aliphatic heterocycles. The molecule has 0 saturated heterocycles. The second-order valence-electron chi connectivity index (χ2n) is 4.85. The normalized spacial score (nSPS) is 10.2. The molecule has 120 valence electrons. The van der Waals surface area contributed by atoms with Gasteiger partial charge in [-0.1, -0.05) is 11.2 Å². The Labute approximate surface area is 132 Å². The van der Waals surface area contributed by atoms with Crippen LogP contribution in [-0.4, -0.2) is 35.0 Å². The third-order valence-corrected chi connectivity index (χ3v) is 2.96. The van der Waals surface area contributed by atoms with Crippen molar-refractivity contribution in [3.05, 3.63) is 60.1 Å². The predicted molar refractivity (Wildman–Crippen MR) is 82.4 cm³/mol. The van der Waals surface area contributed by atoms with Crippen molar-refractivity contribution >= 4 is 17.6 Å². The number of carbonyl (C=O) groups excluding carboxylic acids is 2. The zero-order valence-corrected chi connectivity index (χ0v) is 12.6. The first-order valence-corrected chi connectivity index (χ1v) is 6.88. The minimum absolute atomic E-state index is 0.182. The van der Waals surface area contributed by atoms with Crippen molar-refractivity contribution in [1.29, 1.82) is 0 Å². The van der Waals surface area contributed by atoms with E-state index in [1.807, 2.05) is 0 Å². The molecule has 0 saturated carbocycles. The summed E-state index contributed by atoms with van der Waals surface area (Å²) < 4.78 is 17.8. The van der Waals surface area contributed by atoms with E-state index < -0.39 is 17.6 Å². The van der Waals surface area contributed by atoms with Crippen LogP contribution in [0.5, 0.6) is 0 Å².